The van der Waals surface area contributed by atoms with Gasteiger partial charge in [-0.3, -0.25) is 9.36 Å². The van der Waals surface area contributed by atoms with Crippen LogP contribution in [0, 0.1) is 0 Å². The van der Waals surface area contributed by atoms with Crippen molar-refractivity contribution < 1.29 is 27.5 Å². The molecule has 0 aliphatic carbocycles. The monoisotopic (exact) mass is 408 g/mol. The number of aromatic nitrogens is 1. The van der Waals surface area contributed by atoms with Gasteiger partial charge in [0, 0.05) is 24.0 Å². The predicted molar refractivity (Wildman–Crippen MR) is 90.8 cm³/mol. The Morgan fingerprint density at radius 2 is 1.84 bits per heavy atom. The average Bonchev–Trinajstić information content (AvgIpc) is 2.53. The summed E-state index contributed by atoms with van der Waals surface area (Å²) in [5.41, 5.74) is -0.784. The van der Waals surface area contributed by atoms with E-state index in [9.17, 15) is 27.6 Å². The zero-order valence-electron chi connectivity index (χ0n) is 12.7. The summed E-state index contributed by atoms with van der Waals surface area (Å²) in [6, 6.07) is 3.41. The van der Waals surface area contributed by atoms with Gasteiger partial charge in [0.15, 0.2) is 0 Å². The van der Waals surface area contributed by atoms with Crippen molar-refractivity contribution in [3.8, 4) is 0 Å². The highest BCUT2D eigenvalue weighted by Crippen LogP contribution is 2.34. The summed E-state index contributed by atoms with van der Waals surface area (Å²) in [5.74, 6) is 0. The van der Waals surface area contributed by atoms with E-state index in [-0.39, 0.29) is 47.1 Å². The molecule has 0 saturated carbocycles. The van der Waals surface area contributed by atoms with Crippen LogP contribution in [0.1, 0.15) is 0 Å². The number of sulfonamides is 1. The summed E-state index contributed by atoms with van der Waals surface area (Å²) in [4.78, 5) is 32.4. The van der Waals surface area contributed by atoms with Crippen molar-refractivity contribution >= 4 is 45.4 Å². The van der Waals surface area contributed by atoms with Crippen LogP contribution in [0.25, 0.3) is 10.9 Å². The molecular formula is C13H14ClN2O7PS. The first-order valence-corrected chi connectivity index (χ1v) is 10.5. The SMILES string of the molecule is O=c1[nH]c2cc(Cl)c(S(=O)(=O)N3CCOCC3)cc2cc1P(=O)(O)O. The van der Waals surface area contributed by atoms with Gasteiger partial charge in [-0.1, -0.05) is 11.6 Å². The van der Waals surface area contributed by atoms with Crippen LogP contribution in [0.3, 0.4) is 0 Å². The van der Waals surface area contributed by atoms with Gasteiger partial charge < -0.3 is 19.5 Å². The molecule has 25 heavy (non-hydrogen) atoms. The smallest absolute Gasteiger partial charge is 0.361 e. The molecule has 9 nitrogen and oxygen atoms in total. The molecule has 0 spiro atoms. The van der Waals surface area contributed by atoms with Crippen LogP contribution in [0.5, 0.6) is 0 Å². The molecule has 3 N–H and O–H groups in total. The molecule has 0 radical (unpaired) electrons. The second-order valence-corrected chi connectivity index (χ2v) is 9.30. The number of hydrogen-bond donors (Lipinski definition) is 3. The number of rotatable bonds is 3. The van der Waals surface area contributed by atoms with Crippen LogP contribution in [0.2, 0.25) is 5.02 Å². The van der Waals surface area contributed by atoms with Gasteiger partial charge in [0.05, 0.1) is 18.2 Å². The normalized spacial score (nSPS) is 17.1. The molecule has 1 aliphatic rings. The number of ether oxygens (including phenoxy) is 1. The van der Waals surface area contributed by atoms with Crippen LogP contribution in [-0.4, -0.2) is 53.8 Å². The van der Waals surface area contributed by atoms with Gasteiger partial charge in [-0.05, 0) is 18.2 Å². The number of morpholine rings is 1. The molecule has 1 aromatic heterocycles. The number of halogens is 1. The van der Waals surface area contributed by atoms with Crippen molar-refractivity contribution in [1.82, 2.24) is 9.29 Å². The van der Waals surface area contributed by atoms with Crippen molar-refractivity contribution in [2.75, 3.05) is 26.3 Å². The van der Waals surface area contributed by atoms with Crippen molar-refractivity contribution in [3.63, 3.8) is 0 Å². The van der Waals surface area contributed by atoms with E-state index in [4.69, 9.17) is 16.3 Å². The van der Waals surface area contributed by atoms with E-state index < -0.39 is 28.5 Å². The summed E-state index contributed by atoms with van der Waals surface area (Å²) >= 11 is 6.08. The Labute approximate surface area is 147 Å². The molecule has 1 saturated heterocycles. The fraction of sp³-hybridized carbons (Fsp3) is 0.308. The Hall–Kier alpha value is -1.26. The molecule has 0 unspecified atom stereocenters. The highest BCUT2D eigenvalue weighted by atomic mass is 35.5. The summed E-state index contributed by atoms with van der Waals surface area (Å²) in [7, 11) is -8.71. The topological polar surface area (TPSA) is 137 Å². The first kappa shape index (κ1) is 18.5. The highest BCUT2D eigenvalue weighted by Gasteiger charge is 2.29. The maximum atomic E-state index is 12.8. The minimum atomic E-state index is -4.81. The Balaban J connectivity index is 2.19. The van der Waals surface area contributed by atoms with E-state index >= 15 is 0 Å². The Morgan fingerprint density at radius 3 is 2.44 bits per heavy atom. The lowest BCUT2D eigenvalue weighted by Crippen LogP contribution is -2.40. The van der Waals surface area contributed by atoms with E-state index in [0.29, 0.717) is 0 Å². The summed E-state index contributed by atoms with van der Waals surface area (Å²) < 4.78 is 43.3. The number of aromatic amines is 1. The van der Waals surface area contributed by atoms with Gasteiger partial charge in [-0.15, -0.1) is 0 Å². The zero-order chi connectivity index (χ0) is 18.4. The molecule has 1 aliphatic heterocycles. The standard InChI is InChI=1S/C13H14ClN2O7PS/c14-9-7-10-8(5-11(13(17)15-10)24(18,19)20)6-12(9)25(21,22)16-1-3-23-4-2-16/h5-7H,1-4H2,(H,15,17)(H2,18,19,20). The highest BCUT2D eigenvalue weighted by molar-refractivity contribution is 7.89. The van der Waals surface area contributed by atoms with Crippen LogP contribution < -0.4 is 10.9 Å². The van der Waals surface area contributed by atoms with E-state index in [0.717, 1.165) is 6.07 Å². The summed E-state index contributed by atoms with van der Waals surface area (Å²) in [5, 5.41) is -0.690. The van der Waals surface area contributed by atoms with E-state index in [1.165, 1.54) is 16.4 Å². The fourth-order valence-electron chi connectivity index (χ4n) is 2.54. The van der Waals surface area contributed by atoms with Gasteiger partial charge in [-0.2, -0.15) is 4.31 Å². The maximum Gasteiger partial charge on any atom is 0.361 e. The minimum absolute atomic E-state index is 0.0985. The number of nitrogens with one attached hydrogen (secondary N) is 1. The number of fused-ring (bicyclic) bond motifs is 1. The molecule has 136 valence electrons. The molecule has 1 fully saturated rings. The Kier molecular flexibility index (Phi) is 4.80. The lowest BCUT2D eigenvalue weighted by Gasteiger charge is -2.26. The first-order chi connectivity index (χ1) is 11.6. The molecule has 3 rings (SSSR count). The quantitative estimate of drug-likeness (QED) is 0.608. The Morgan fingerprint density at radius 1 is 1.20 bits per heavy atom. The number of hydrogen-bond acceptors (Lipinski definition) is 5. The third-order valence-electron chi connectivity index (χ3n) is 3.78. The zero-order valence-corrected chi connectivity index (χ0v) is 15.1. The minimum Gasteiger partial charge on any atom is -0.379 e. The van der Waals surface area contributed by atoms with Gasteiger partial charge in [-0.25, -0.2) is 8.42 Å². The van der Waals surface area contributed by atoms with Crippen molar-refractivity contribution in [1.29, 1.82) is 0 Å². The van der Waals surface area contributed by atoms with Crippen LogP contribution in [-0.2, 0) is 19.3 Å². The van der Waals surface area contributed by atoms with Crippen LogP contribution >= 0.6 is 19.2 Å². The van der Waals surface area contributed by atoms with Gasteiger partial charge in [0.25, 0.3) is 5.56 Å². The van der Waals surface area contributed by atoms with Crippen LogP contribution in [0.4, 0.5) is 0 Å². The van der Waals surface area contributed by atoms with Gasteiger partial charge in [0.1, 0.15) is 10.2 Å². The molecular weight excluding hydrogens is 395 g/mol. The lowest BCUT2D eigenvalue weighted by atomic mass is 10.2. The van der Waals surface area contributed by atoms with Crippen molar-refractivity contribution in [2.24, 2.45) is 0 Å². The third-order valence-corrected chi connectivity index (χ3v) is 7.10. The van der Waals surface area contributed by atoms with E-state index in [1.54, 1.807) is 0 Å². The van der Waals surface area contributed by atoms with Crippen LogP contribution in [0.15, 0.2) is 27.9 Å². The summed E-state index contributed by atoms with van der Waals surface area (Å²) in [6.07, 6.45) is 0. The van der Waals surface area contributed by atoms with Gasteiger partial charge in [0.2, 0.25) is 10.0 Å². The number of nitrogens with zero attached hydrogens (tertiary/aromatic N) is 1. The molecule has 12 heteroatoms. The first-order valence-electron chi connectivity index (χ1n) is 7.11. The number of benzene rings is 1. The van der Waals surface area contributed by atoms with Crippen molar-refractivity contribution in [3.05, 3.63) is 33.6 Å². The summed E-state index contributed by atoms with van der Waals surface area (Å²) in [6.45, 7) is 0.881. The Bertz CT molecular complexity index is 1040. The maximum absolute atomic E-state index is 12.8. The predicted octanol–water partition coefficient (Wildman–Crippen LogP) is 0.00540. The fourth-order valence-corrected chi connectivity index (χ4v) is 5.11. The second-order valence-electron chi connectivity index (χ2n) is 5.41. The number of pyridine rings is 1. The number of H-pyrrole nitrogens is 1. The van der Waals surface area contributed by atoms with Gasteiger partial charge >= 0.3 is 7.60 Å². The molecule has 0 amide bonds. The molecule has 2 aromatic rings. The molecule has 2 heterocycles. The van der Waals surface area contributed by atoms with E-state index in [2.05, 4.69) is 4.98 Å². The average molecular weight is 409 g/mol. The molecule has 0 bridgehead atoms. The largest absolute Gasteiger partial charge is 0.379 e. The van der Waals surface area contributed by atoms with E-state index in [1.807, 2.05) is 0 Å². The van der Waals surface area contributed by atoms with Crippen molar-refractivity contribution in [2.45, 2.75) is 4.90 Å². The molecule has 0 atom stereocenters. The second kappa shape index (κ2) is 6.48. The lowest BCUT2D eigenvalue weighted by molar-refractivity contribution is 0.0730. The molecule has 1 aromatic carbocycles. The third kappa shape index (κ3) is 3.52.